The van der Waals surface area contributed by atoms with Gasteiger partial charge in [0.25, 0.3) is 0 Å². The van der Waals surface area contributed by atoms with Crippen LogP contribution in [0.4, 0.5) is 0 Å². The van der Waals surface area contributed by atoms with E-state index in [4.69, 9.17) is 4.74 Å². The van der Waals surface area contributed by atoms with Crippen molar-refractivity contribution >= 4 is 5.91 Å². The van der Waals surface area contributed by atoms with E-state index in [2.05, 4.69) is 12.2 Å². The molecule has 2 atom stereocenters. The zero-order chi connectivity index (χ0) is 13.1. The standard InChI is InChI=1S/C13H26N2O2/c1-6-8-11-14-10(7-2)12(16)15(11)9-13(3,4)17-5/h10-11,14H,6-9H2,1-5H3. The summed E-state index contributed by atoms with van der Waals surface area (Å²) in [6.45, 7) is 8.87. The van der Waals surface area contributed by atoms with Crippen molar-refractivity contribution in [3.63, 3.8) is 0 Å². The highest BCUT2D eigenvalue weighted by Crippen LogP contribution is 2.21. The first-order valence-corrected chi connectivity index (χ1v) is 6.56. The van der Waals surface area contributed by atoms with Gasteiger partial charge in [-0.2, -0.15) is 0 Å². The van der Waals surface area contributed by atoms with Crippen LogP contribution in [0.2, 0.25) is 0 Å². The highest BCUT2D eigenvalue weighted by atomic mass is 16.5. The lowest BCUT2D eigenvalue weighted by molar-refractivity contribution is -0.133. The topological polar surface area (TPSA) is 41.6 Å². The van der Waals surface area contributed by atoms with E-state index in [0.29, 0.717) is 6.54 Å². The molecule has 0 aliphatic carbocycles. The first-order chi connectivity index (χ1) is 7.95. The Labute approximate surface area is 105 Å². The lowest BCUT2D eigenvalue weighted by atomic mass is 10.1. The molecule has 1 fully saturated rings. The first-order valence-electron chi connectivity index (χ1n) is 6.56. The minimum Gasteiger partial charge on any atom is -0.377 e. The molecule has 4 heteroatoms. The van der Waals surface area contributed by atoms with E-state index in [9.17, 15) is 4.79 Å². The van der Waals surface area contributed by atoms with Gasteiger partial charge in [0.05, 0.1) is 24.4 Å². The van der Waals surface area contributed by atoms with Crippen LogP contribution < -0.4 is 5.32 Å². The summed E-state index contributed by atoms with van der Waals surface area (Å²) < 4.78 is 5.42. The van der Waals surface area contributed by atoms with Gasteiger partial charge in [-0.05, 0) is 26.7 Å². The third-order valence-electron chi connectivity index (χ3n) is 3.43. The summed E-state index contributed by atoms with van der Waals surface area (Å²) in [5.41, 5.74) is -0.286. The van der Waals surface area contributed by atoms with Crippen LogP contribution in [-0.2, 0) is 9.53 Å². The quantitative estimate of drug-likeness (QED) is 0.771. The molecule has 0 aromatic carbocycles. The monoisotopic (exact) mass is 242 g/mol. The second kappa shape index (κ2) is 5.83. The maximum absolute atomic E-state index is 12.2. The Morgan fingerprint density at radius 1 is 1.41 bits per heavy atom. The Morgan fingerprint density at radius 3 is 2.53 bits per heavy atom. The van der Waals surface area contributed by atoms with Crippen molar-refractivity contribution in [3.05, 3.63) is 0 Å². The van der Waals surface area contributed by atoms with Crippen LogP contribution in [0.1, 0.15) is 47.0 Å². The van der Waals surface area contributed by atoms with E-state index >= 15 is 0 Å². The van der Waals surface area contributed by atoms with Gasteiger partial charge in [0.2, 0.25) is 5.91 Å². The fourth-order valence-electron chi connectivity index (χ4n) is 2.22. The number of nitrogens with zero attached hydrogens (tertiary/aromatic N) is 1. The molecular weight excluding hydrogens is 216 g/mol. The van der Waals surface area contributed by atoms with Crippen LogP contribution in [-0.4, -0.2) is 42.3 Å². The molecule has 1 N–H and O–H groups in total. The molecule has 100 valence electrons. The summed E-state index contributed by atoms with van der Waals surface area (Å²) in [6, 6.07) is -0.0146. The Morgan fingerprint density at radius 2 is 2.06 bits per heavy atom. The molecule has 17 heavy (non-hydrogen) atoms. The SMILES string of the molecule is CCCC1NC(CC)C(=O)N1CC(C)(C)OC. The third kappa shape index (κ3) is 3.42. The molecule has 0 spiro atoms. The summed E-state index contributed by atoms with van der Waals surface area (Å²) in [6.07, 6.45) is 3.10. The molecule has 0 radical (unpaired) electrons. The molecule has 1 rings (SSSR count). The second-order valence-electron chi connectivity index (χ2n) is 5.36. The van der Waals surface area contributed by atoms with Crippen LogP contribution in [0.25, 0.3) is 0 Å². The first kappa shape index (κ1) is 14.5. The summed E-state index contributed by atoms with van der Waals surface area (Å²) in [5, 5.41) is 3.41. The lowest BCUT2D eigenvalue weighted by Crippen LogP contribution is -2.46. The van der Waals surface area contributed by atoms with Crippen LogP contribution >= 0.6 is 0 Å². The maximum atomic E-state index is 12.2. The van der Waals surface area contributed by atoms with E-state index in [1.165, 1.54) is 0 Å². The van der Waals surface area contributed by atoms with Gasteiger partial charge in [0, 0.05) is 7.11 Å². The van der Waals surface area contributed by atoms with Gasteiger partial charge in [0.15, 0.2) is 0 Å². The average Bonchev–Trinajstić information content (AvgIpc) is 2.57. The fraction of sp³-hybridized carbons (Fsp3) is 0.923. The Hall–Kier alpha value is -0.610. The Kier molecular flexibility index (Phi) is 4.95. The smallest absolute Gasteiger partial charge is 0.241 e. The minimum absolute atomic E-state index is 0.0146. The van der Waals surface area contributed by atoms with E-state index in [1.807, 2.05) is 25.7 Å². The molecular formula is C13H26N2O2. The lowest BCUT2D eigenvalue weighted by Gasteiger charge is -2.32. The highest BCUT2D eigenvalue weighted by molar-refractivity contribution is 5.84. The van der Waals surface area contributed by atoms with Crippen LogP contribution in [0, 0.1) is 0 Å². The fourth-order valence-corrected chi connectivity index (χ4v) is 2.22. The molecule has 0 saturated carbocycles. The maximum Gasteiger partial charge on any atom is 0.241 e. The van der Waals surface area contributed by atoms with Crippen molar-refractivity contribution in [3.8, 4) is 0 Å². The Bertz CT molecular complexity index is 266. The number of hydrogen-bond acceptors (Lipinski definition) is 3. The minimum atomic E-state index is -0.286. The molecule has 0 aromatic heterocycles. The number of ether oxygens (including phenoxy) is 1. The zero-order valence-corrected chi connectivity index (χ0v) is 11.7. The third-order valence-corrected chi connectivity index (χ3v) is 3.43. The van der Waals surface area contributed by atoms with Crippen LogP contribution in [0.3, 0.4) is 0 Å². The summed E-state index contributed by atoms with van der Waals surface area (Å²) in [5.74, 6) is 0.219. The van der Waals surface area contributed by atoms with Crippen molar-refractivity contribution in [2.75, 3.05) is 13.7 Å². The second-order valence-corrected chi connectivity index (χ2v) is 5.36. The normalized spacial score (nSPS) is 25.7. The van der Waals surface area contributed by atoms with Crippen molar-refractivity contribution in [2.45, 2.75) is 64.8 Å². The van der Waals surface area contributed by atoms with Gasteiger partial charge in [-0.3, -0.25) is 10.1 Å². The molecule has 1 aliphatic rings. The molecule has 1 heterocycles. The molecule has 4 nitrogen and oxygen atoms in total. The van der Waals surface area contributed by atoms with E-state index in [-0.39, 0.29) is 23.7 Å². The Balaban J connectivity index is 2.74. The van der Waals surface area contributed by atoms with Crippen molar-refractivity contribution in [2.24, 2.45) is 0 Å². The predicted molar refractivity (Wildman–Crippen MR) is 68.7 cm³/mol. The number of amides is 1. The summed E-state index contributed by atoms with van der Waals surface area (Å²) >= 11 is 0. The van der Waals surface area contributed by atoms with Crippen molar-refractivity contribution in [1.82, 2.24) is 10.2 Å². The molecule has 1 aliphatic heterocycles. The predicted octanol–water partition coefficient (Wildman–Crippen LogP) is 1.75. The average molecular weight is 242 g/mol. The molecule has 0 bridgehead atoms. The molecule has 2 unspecified atom stereocenters. The number of rotatable bonds is 6. The van der Waals surface area contributed by atoms with Gasteiger partial charge in [0.1, 0.15) is 0 Å². The molecule has 0 aromatic rings. The summed E-state index contributed by atoms with van der Waals surface area (Å²) in [4.78, 5) is 14.2. The number of nitrogens with one attached hydrogen (secondary N) is 1. The molecule has 1 amide bonds. The van der Waals surface area contributed by atoms with Gasteiger partial charge in [-0.1, -0.05) is 20.3 Å². The molecule has 1 saturated heterocycles. The van der Waals surface area contributed by atoms with Crippen LogP contribution in [0.15, 0.2) is 0 Å². The van der Waals surface area contributed by atoms with E-state index in [0.717, 1.165) is 19.3 Å². The van der Waals surface area contributed by atoms with Gasteiger partial charge in [-0.15, -0.1) is 0 Å². The number of methoxy groups -OCH3 is 1. The highest BCUT2D eigenvalue weighted by Gasteiger charge is 2.39. The van der Waals surface area contributed by atoms with Gasteiger partial charge < -0.3 is 9.64 Å². The zero-order valence-electron chi connectivity index (χ0n) is 11.7. The largest absolute Gasteiger partial charge is 0.377 e. The van der Waals surface area contributed by atoms with Gasteiger partial charge >= 0.3 is 0 Å². The number of carbonyl (C=O) groups is 1. The van der Waals surface area contributed by atoms with E-state index in [1.54, 1.807) is 7.11 Å². The number of hydrogen-bond donors (Lipinski definition) is 1. The van der Waals surface area contributed by atoms with Crippen molar-refractivity contribution in [1.29, 1.82) is 0 Å². The van der Waals surface area contributed by atoms with Crippen LogP contribution in [0.5, 0.6) is 0 Å². The number of carbonyl (C=O) groups excluding carboxylic acids is 1. The summed E-state index contributed by atoms with van der Waals surface area (Å²) in [7, 11) is 1.69. The van der Waals surface area contributed by atoms with E-state index < -0.39 is 0 Å². The van der Waals surface area contributed by atoms with Crippen molar-refractivity contribution < 1.29 is 9.53 Å². The van der Waals surface area contributed by atoms with Gasteiger partial charge in [-0.25, -0.2) is 0 Å².